The fourth-order valence-electron chi connectivity index (χ4n) is 4.82. The minimum atomic E-state index is -4.13. The van der Waals surface area contributed by atoms with Gasteiger partial charge < -0.3 is 20.7 Å². The van der Waals surface area contributed by atoms with Crippen LogP contribution in [0.1, 0.15) is 44.9 Å². The molecule has 0 spiro atoms. The second-order valence-corrected chi connectivity index (χ2v) is 10.2. The Morgan fingerprint density at radius 2 is 1.84 bits per heavy atom. The summed E-state index contributed by atoms with van der Waals surface area (Å²) in [6.07, 6.45) is 1.33. The molecule has 0 bridgehead atoms. The summed E-state index contributed by atoms with van der Waals surface area (Å²) >= 11 is 6.47. The monoisotopic (exact) mass is 536 g/mol. The standard InChI is InChI=1S/C26H32ClF3N6O/c27-21-15-33-24(35-19-6-4-18(5-7-19)32-11-8-26(28,29)30)14-20(21)22-2-1-3-23(36-22)34-17-25(16-31)9-12-37-13-10-25/h1-3,14-15,18-19,32H,4-13,17H2,(H,33,35)(H,34,36). The van der Waals surface area contributed by atoms with Gasteiger partial charge in [-0.2, -0.15) is 18.4 Å². The first-order chi connectivity index (χ1) is 17.8. The molecule has 3 N–H and O–H groups in total. The second kappa shape index (κ2) is 12.3. The SMILES string of the molecule is N#CC1(CNc2cccc(-c3cc(NC4CCC(NCCC(F)(F)F)CC4)ncc3Cl)n2)CCOCC1. The predicted molar refractivity (Wildman–Crippen MR) is 137 cm³/mol. The van der Waals surface area contributed by atoms with Gasteiger partial charge in [-0.15, -0.1) is 0 Å². The number of alkyl halides is 3. The Morgan fingerprint density at radius 3 is 2.54 bits per heavy atom. The molecule has 2 aromatic rings. The van der Waals surface area contributed by atoms with E-state index in [0.29, 0.717) is 55.0 Å². The van der Waals surface area contributed by atoms with Gasteiger partial charge in [0, 0.05) is 50.1 Å². The van der Waals surface area contributed by atoms with E-state index in [1.807, 2.05) is 24.3 Å². The van der Waals surface area contributed by atoms with Crippen LogP contribution in [0.2, 0.25) is 5.02 Å². The molecular weight excluding hydrogens is 505 g/mol. The van der Waals surface area contributed by atoms with E-state index >= 15 is 0 Å². The molecule has 0 radical (unpaired) electrons. The molecule has 1 aliphatic heterocycles. The van der Waals surface area contributed by atoms with Gasteiger partial charge in [-0.3, -0.25) is 0 Å². The number of pyridine rings is 2. The molecule has 2 fully saturated rings. The van der Waals surface area contributed by atoms with E-state index < -0.39 is 18.0 Å². The number of ether oxygens (including phenoxy) is 1. The number of nitrogens with one attached hydrogen (secondary N) is 3. The summed E-state index contributed by atoms with van der Waals surface area (Å²) < 4.78 is 42.5. The number of hydrogen-bond acceptors (Lipinski definition) is 7. The lowest BCUT2D eigenvalue weighted by atomic mass is 9.82. The zero-order valence-corrected chi connectivity index (χ0v) is 21.3. The predicted octanol–water partition coefficient (Wildman–Crippen LogP) is 5.79. The van der Waals surface area contributed by atoms with Gasteiger partial charge in [0.25, 0.3) is 0 Å². The minimum absolute atomic E-state index is 0.0405. The van der Waals surface area contributed by atoms with E-state index in [0.717, 1.165) is 31.2 Å². The van der Waals surface area contributed by atoms with Crippen molar-refractivity contribution >= 4 is 23.2 Å². The maximum Gasteiger partial charge on any atom is 0.390 e. The number of hydrogen-bond donors (Lipinski definition) is 3. The highest BCUT2D eigenvalue weighted by Gasteiger charge is 2.32. The van der Waals surface area contributed by atoms with Crippen LogP contribution in [0.3, 0.4) is 0 Å². The van der Waals surface area contributed by atoms with Crippen molar-refractivity contribution in [2.75, 3.05) is 36.9 Å². The molecule has 37 heavy (non-hydrogen) atoms. The van der Waals surface area contributed by atoms with Crippen molar-refractivity contribution in [3.05, 3.63) is 35.5 Å². The molecular formula is C26H32ClF3N6O. The van der Waals surface area contributed by atoms with Gasteiger partial charge in [-0.1, -0.05) is 17.7 Å². The molecule has 4 rings (SSSR count). The van der Waals surface area contributed by atoms with E-state index in [1.54, 1.807) is 6.20 Å². The van der Waals surface area contributed by atoms with Crippen LogP contribution in [-0.2, 0) is 4.74 Å². The normalized spacial score (nSPS) is 21.7. The Morgan fingerprint density at radius 1 is 1.11 bits per heavy atom. The number of nitriles is 1. The van der Waals surface area contributed by atoms with Gasteiger partial charge in [0.1, 0.15) is 11.6 Å². The van der Waals surface area contributed by atoms with Crippen molar-refractivity contribution in [3.8, 4) is 17.3 Å². The fraction of sp³-hybridized carbons (Fsp3) is 0.577. The average Bonchev–Trinajstić information content (AvgIpc) is 2.90. The van der Waals surface area contributed by atoms with E-state index in [2.05, 4.69) is 27.0 Å². The average molecular weight is 537 g/mol. The van der Waals surface area contributed by atoms with Crippen molar-refractivity contribution in [3.63, 3.8) is 0 Å². The summed E-state index contributed by atoms with van der Waals surface area (Å²) in [6.45, 7) is 1.62. The Kier molecular flexibility index (Phi) is 9.11. The van der Waals surface area contributed by atoms with Gasteiger partial charge in [-0.05, 0) is 56.7 Å². The highest BCUT2D eigenvalue weighted by molar-refractivity contribution is 6.33. The van der Waals surface area contributed by atoms with Crippen LogP contribution >= 0.6 is 11.6 Å². The lowest BCUT2D eigenvalue weighted by Gasteiger charge is -2.30. The van der Waals surface area contributed by atoms with Crippen LogP contribution in [0.25, 0.3) is 11.3 Å². The summed E-state index contributed by atoms with van der Waals surface area (Å²) in [5.74, 6) is 1.34. The number of halogens is 4. The maximum atomic E-state index is 12.4. The second-order valence-electron chi connectivity index (χ2n) is 9.83. The van der Waals surface area contributed by atoms with Crippen molar-refractivity contribution < 1.29 is 17.9 Å². The summed E-state index contributed by atoms with van der Waals surface area (Å²) in [5.41, 5.74) is 0.969. The van der Waals surface area contributed by atoms with E-state index in [4.69, 9.17) is 21.3 Å². The molecule has 7 nitrogen and oxygen atoms in total. The van der Waals surface area contributed by atoms with E-state index in [1.165, 1.54) is 0 Å². The smallest absolute Gasteiger partial charge is 0.381 e. The van der Waals surface area contributed by atoms with Crippen LogP contribution in [0.15, 0.2) is 30.5 Å². The largest absolute Gasteiger partial charge is 0.390 e. The Hall–Kier alpha value is -2.61. The van der Waals surface area contributed by atoms with Gasteiger partial charge >= 0.3 is 6.18 Å². The zero-order valence-electron chi connectivity index (χ0n) is 20.6. The third-order valence-corrected chi connectivity index (χ3v) is 7.40. The lowest BCUT2D eigenvalue weighted by Crippen LogP contribution is -2.38. The number of rotatable bonds is 9. The van der Waals surface area contributed by atoms with Gasteiger partial charge in [0.2, 0.25) is 0 Å². The summed E-state index contributed by atoms with van der Waals surface area (Å²) in [5, 5.41) is 20.0. The fourth-order valence-corrected chi connectivity index (χ4v) is 5.02. The minimum Gasteiger partial charge on any atom is -0.381 e. The summed E-state index contributed by atoms with van der Waals surface area (Å²) in [4.78, 5) is 9.14. The van der Waals surface area contributed by atoms with Gasteiger partial charge in [0.15, 0.2) is 0 Å². The van der Waals surface area contributed by atoms with Gasteiger partial charge in [0.05, 0.1) is 28.6 Å². The molecule has 3 heterocycles. The molecule has 1 aliphatic carbocycles. The molecule has 0 aromatic carbocycles. The Balaban J connectivity index is 1.34. The molecule has 0 amide bonds. The first kappa shape index (κ1) is 27.4. The molecule has 1 saturated heterocycles. The van der Waals surface area contributed by atoms with Gasteiger partial charge in [-0.25, -0.2) is 9.97 Å². The van der Waals surface area contributed by atoms with Crippen LogP contribution in [-0.4, -0.2) is 54.5 Å². The summed E-state index contributed by atoms with van der Waals surface area (Å²) in [6, 6.07) is 10.2. The number of anilines is 2. The topological polar surface area (TPSA) is 94.9 Å². The van der Waals surface area contributed by atoms with E-state index in [-0.39, 0.29) is 18.6 Å². The number of aromatic nitrogens is 2. The highest BCUT2D eigenvalue weighted by Crippen LogP contribution is 2.32. The van der Waals surface area contributed by atoms with Crippen molar-refractivity contribution in [1.29, 1.82) is 5.26 Å². The van der Waals surface area contributed by atoms with Crippen LogP contribution in [0, 0.1) is 16.7 Å². The number of nitrogens with zero attached hydrogens (tertiary/aromatic N) is 3. The molecule has 2 aliphatic rings. The highest BCUT2D eigenvalue weighted by atomic mass is 35.5. The first-order valence-electron chi connectivity index (χ1n) is 12.7. The van der Waals surface area contributed by atoms with E-state index in [9.17, 15) is 18.4 Å². The van der Waals surface area contributed by atoms with Crippen LogP contribution < -0.4 is 16.0 Å². The molecule has 200 valence electrons. The first-order valence-corrected chi connectivity index (χ1v) is 13.1. The third-order valence-electron chi connectivity index (χ3n) is 7.10. The van der Waals surface area contributed by atoms with Crippen LogP contribution in [0.5, 0.6) is 0 Å². The van der Waals surface area contributed by atoms with Crippen molar-refractivity contribution in [2.24, 2.45) is 5.41 Å². The molecule has 11 heteroatoms. The third kappa shape index (κ3) is 7.94. The lowest BCUT2D eigenvalue weighted by molar-refractivity contribution is -0.133. The zero-order chi connectivity index (χ0) is 26.3. The Labute approximate surface area is 220 Å². The maximum absolute atomic E-state index is 12.4. The quantitative estimate of drug-likeness (QED) is 0.373. The van der Waals surface area contributed by atoms with Crippen molar-refractivity contribution in [1.82, 2.24) is 15.3 Å². The van der Waals surface area contributed by atoms with Crippen LogP contribution in [0.4, 0.5) is 24.8 Å². The molecule has 1 saturated carbocycles. The van der Waals surface area contributed by atoms with Crippen molar-refractivity contribution in [2.45, 2.75) is 63.2 Å². The molecule has 0 atom stereocenters. The Bertz CT molecular complexity index is 1080. The molecule has 2 aromatic heterocycles. The summed E-state index contributed by atoms with van der Waals surface area (Å²) in [7, 11) is 0. The molecule has 0 unspecified atom stereocenters.